The number of carbonyl (C=O) groups is 1. The van der Waals surface area contributed by atoms with Gasteiger partial charge in [0.05, 0.1) is 0 Å². The molecule has 80 valence electrons. The van der Waals surface area contributed by atoms with Crippen molar-refractivity contribution in [2.24, 2.45) is 0 Å². The van der Waals surface area contributed by atoms with Gasteiger partial charge in [-0.15, -0.1) is 0 Å². The van der Waals surface area contributed by atoms with E-state index < -0.39 is 5.97 Å². The lowest BCUT2D eigenvalue weighted by Crippen LogP contribution is -1.95. The molecule has 0 spiro atoms. The highest BCUT2D eigenvalue weighted by molar-refractivity contribution is 7.75. The number of hydrogen-bond donors (Lipinski definition) is 1. The van der Waals surface area contributed by atoms with Gasteiger partial charge in [0.15, 0.2) is 0 Å². The normalized spacial score (nSPS) is 8.13. The van der Waals surface area contributed by atoms with Gasteiger partial charge in [-0.2, -0.15) is 0 Å². The second-order valence-electron chi connectivity index (χ2n) is 2.77. The molecule has 0 aliphatic rings. The molecule has 1 aromatic rings. The molecule has 3 heteroatoms. The van der Waals surface area contributed by atoms with E-state index >= 15 is 0 Å². The van der Waals surface area contributed by atoms with Crippen LogP contribution in [-0.4, -0.2) is 5.97 Å². The first-order valence-corrected chi connectivity index (χ1v) is 4.67. The Morgan fingerprint density at radius 2 is 1.93 bits per heavy atom. The fourth-order valence-electron chi connectivity index (χ4n) is 0.667. The minimum absolute atomic E-state index is 0.356. The van der Waals surface area contributed by atoms with Crippen LogP contribution in [0.2, 0.25) is 0 Å². The van der Waals surface area contributed by atoms with Gasteiger partial charge >= 0.3 is 5.97 Å². The summed E-state index contributed by atoms with van der Waals surface area (Å²) >= 11 is 3.24. The molecule has 0 amide bonds. The molecule has 0 saturated carbocycles. The van der Waals surface area contributed by atoms with Crippen molar-refractivity contribution in [1.29, 1.82) is 0 Å². The Hall–Kier alpha value is -1.48. The molecule has 0 aliphatic heterocycles. The smallest absolute Gasteiger partial charge is 0.344 e. The zero-order chi connectivity index (χ0) is 11.7. The van der Waals surface area contributed by atoms with Crippen LogP contribution >= 0.6 is 12.9 Å². The molecule has 0 aliphatic carbocycles. The fraction of sp³-hybridized carbons (Fsp3) is 0.0833. The molecule has 0 saturated heterocycles. The highest BCUT2D eigenvalue weighted by atomic mass is 32.1. The SMILES string of the molecule is C=C(C)C(=O)OS.C=Cc1ccccc1. The monoisotopic (exact) mass is 222 g/mol. The van der Waals surface area contributed by atoms with E-state index in [2.05, 4.69) is 30.3 Å². The van der Waals surface area contributed by atoms with Crippen LogP contribution < -0.4 is 0 Å². The predicted molar refractivity (Wildman–Crippen MR) is 66.4 cm³/mol. The van der Waals surface area contributed by atoms with Crippen LogP contribution in [0.1, 0.15) is 12.5 Å². The van der Waals surface area contributed by atoms with E-state index in [1.54, 1.807) is 6.92 Å². The van der Waals surface area contributed by atoms with Gasteiger partial charge in [0, 0.05) is 18.5 Å². The molecular weight excluding hydrogens is 208 g/mol. The first-order valence-electron chi connectivity index (χ1n) is 4.30. The van der Waals surface area contributed by atoms with Gasteiger partial charge in [-0.25, -0.2) is 4.79 Å². The highest BCUT2D eigenvalue weighted by Gasteiger charge is 1.96. The van der Waals surface area contributed by atoms with Gasteiger partial charge in [-0.1, -0.05) is 49.6 Å². The molecule has 2 nitrogen and oxygen atoms in total. The van der Waals surface area contributed by atoms with Gasteiger partial charge in [-0.3, -0.25) is 0 Å². The summed E-state index contributed by atoms with van der Waals surface area (Å²) < 4.78 is 3.97. The predicted octanol–water partition coefficient (Wildman–Crippen LogP) is 3.28. The summed E-state index contributed by atoms with van der Waals surface area (Å²) in [7, 11) is 0. The van der Waals surface area contributed by atoms with Crippen molar-refractivity contribution < 1.29 is 8.98 Å². The topological polar surface area (TPSA) is 26.3 Å². The zero-order valence-corrected chi connectivity index (χ0v) is 9.54. The van der Waals surface area contributed by atoms with Crippen LogP contribution in [0.3, 0.4) is 0 Å². The van der Waals surface area contributed by atoms with Crippen molar-refractivity contribution in [3.63, 3.8) is 0 Å². The van der Waals surface area contributed by atoms with E-state index in [0.717, 1.165) is 0 Å². The van der Waals surface area contributed by atoms with Crippen LogP contribution in [0.4, 0.5) is 0 Å². The van der Waals surface area contributed by atoms with Crippen LogP contribution in [0.5, 0.6) is 0 Å². The number of carbonyl (C=O) groups excluding carboxylic acids is 1. The average Bonchev–Trinajstić information content (AvgIpc) is 2.29. The summed E-state index contributed by atoms with van der Waals surface area (Å²) in [4.78, 5) is 10.1. The second-order valence-corrected chi connectivity index (χ2v) is 2.96. The number of hydrogen-bond acceptors (Lipinski definition) is 3. The van der Waals surface area contributed by atoms with E-state index in [1.165, 1.54) is 5.56 Å². The van der Waals surface area contributed by atoms with Crippen molar-refractivity contribution in [1.82, 2.24) is 0 Å². The molecule has 0 N–H and O–H groups in total. The Balaban J connectivity index is 0.000000265. The van der Waals surface area contributed by atoms with Crippen molar-refractivity contribution in [2.45, 2.75) is 6.92 Å². The summed E-state index contributed by atoms with van der Waals surface area (Å²) in [6.45, 7) is 8.49. The maximum atomic E-state index is 10.1. The Morgan fingerprint density at radius 3 is 2.13 bits per heavy atom. The Kier molecular flexibility index (Phi) is 7.10. The molecule has 0 fully saturated rings. The molecule has 0 unspecified atom stereocenters. The largest absolute Gasteiger partial charge is 0.391 e. The third-order valence-electron chi connectivity index (χ3n) is 1.47. The maximum Gasteiger partial charge on any atom is 0.344 e. The van der Waals surface area contributed by atoms with Gasteiger partial charge in [-0.05, 0) is 12.5 Å². The lowest BCUT2D eigenvalue weighted by atomic mass is 10.2. The first-order chi connectivity index (χ1) is 7.11. The van der Waals surface area contributed by atoms with Crippen LogP contribution in [0.25, 0.3) is 6.08 Å². The molecule has 15 heavy (non-hydrogen) atoms. The summed E-state index contributed by atoms with van der Waals surface area (Å²) in [6.07, 6.45) is 1.83. The molecule has 0 aromatic heterocycles. The Labute approximate surface area is 95.9 Å². The van der Waals surface area contributed by atoms with E-state index in [4.69, 9.17) is 0 Å². The third-order valence-corrected chi connectivity index (χ3v) is 1.63. The summed E-state index contributed by atoms with van der Waals surface area (Å²) in [5.41, 5.74) is 1.53. The van der Waals surface area contributed by atoms with Crippen LogP contribution in [0.15, 0.2) is 49.1 Å². The van der Waals surface area contributed by atoms with E-state index in [1.807, 2.05) is 36.4 Å². The fourth-order valence-corrected chi connectivity index (χ4v) is 0.823. The van der Waals surface area contributed by atoms with Gasteiger partial charge < -0.3 is 4.18 Å². The third kappa shape index (κ3) is 6.57. The second kappa shape index (κ2) is 7.88. The van der Waals surface area contributed by atoms with Gasteiger partial charge in [0.2, 0.25) is 0 Å². The summed E-state index contributed by atoms with van der Waals surface area (Å²) in [5.74, 6) is -0.483. The van der Waals surface area contributed by atoms with Crippen molar-refractivity contribution in [3.8, 4) is 0 Å². The first kappa shape index (κ1) is 13.5. The zero-order valence-electron chi connectivity index (χ0n) is 8.64. The summed E-state index contributed by atoms with van der Waals surface area (Å²) in [6, 6.07) is 10.0. The Bertz CT molecular complexity index is 331. The molecular formula is C12H14O2S. The quantitative estimate of drug-likeness (QED) is 0.472. The average molecular weight is 222 g/mol. The van der Waals surface area contributed by atoms with Crippen molar-refractivity contribution >= 4 is 25.0 Å². The lowest BCUT2D eigenvalue weighted by molar-refractivity contribution is -0.128. The summed E-state index contributed by atoms with van der Waals surface area (Å²) in [5, 5.41) is 0. The lowest BCUT2D eigenvalue weighted by Gasteiger charge is -1.89. The van der Waals surface area contributed by atoms with Gasteiger partial charge in [0.1, 0.15) is 0 Å². The minimum Gasteiger partial charge on any atom is -0.391 e. The van der Waals surface area contributed by atoms with Crippen LogP contribution in [-0.2, 0) is 8.98 Å². The molecule has 1 aromatic carbocycles. The molecule has 0 radical (unpaired) electrons. The van der Waals surface area contributed by atoms with Gasteiger partial charge in [0.25, 0.3) is 0 Å². The highest BCUT2D eigenvalue weighted by Crippen LogP contribution is 1.97. The molecule has 0 bridgehead atoms. The minimum atomic E-state index is -0.483. The van der Waals surface area contributed by atoms with E-state index in [-0.39, 0.29) is 0 Å². The number of benzene rings is 1. The standard InChI is InChI=1S/C8H8.C4H6O2S/c1-2-8-6-4-3-5-7-8;1-3(2)4(5)6-7/h2-7H,1H2;7H,1H2,2H3. The van der Waals surface area contributed by atoms with E-state index in [0.29, 0.717) is 5.57 Å². The molecule has 0 heterocycles. The van der Waals surface area contributed by atoms with Crippen molar-refractivity contribution in [2.75, 3.05) is 0 Å². The van der Waals surface area contributed by atoms with E-state index in [9.17, 15) is 4.79 Å². The van der Waals surface area contributed by atoms with Crippen molar-refractivity contribution in [3.05, 3.63) is 54.6 Å². The Morgan fingerprint density at radius 1 is 1.40 bits per heavy atom. The molecule has 1 rings (SSSR count). The molecule has 0 atom stereocenters. The number of thiol groups is 1. The maximum absolute atomic E-state index is 10.1. The van der Waals surface area contributed by atoms with Crippen LogP contribution in [0, 0.1) is 0 Å². The number of rotatable bonds is 2.